The molecule has 0 spiro atoms. The zero-order valence-corrected chi connectivity index (χ0v) is 12.0. The maximum atomic E-state index is 11.7. The van der Waals surface area contributed by atoms with Crippen molar-refractivity contribution < 1.29 is 9.53 Å². The minimum absolute atomic E-state index is 0.0637. The third-order valence-corrected chi connectivity index (χ3v) is 3.17. The number of carbonyl (C=O) groups excluding carboxylic acids is 1. The molecule has 0 radical (unpaired) electrons. The molecule has 1 N–H and O–H groups in total. The van der Waals surface area contributed by atoms with Crippen LogP contribution in [0.1, 0.15) is 32.4 Å². The van der Waals surface area contributed by atoms with E-state index in [0.717, 1.165) is 5.56 Å². The quantitative estimate of drug-likeness (QED) is 0.835. The van der Waals surface area contributed by atoms with E-state index < -0.39 is 0 Å². The van der Waals surface area contributed by atoms with Gasteiger partial charge < -0.3 is 4.74 Å². The van der Waals surface area contributed by atoms with Crippen LogP contribution >= 0.6 is 11.6 Å². The van der Waals surface area contributed by atoms with Crippen LogP contribution in [0, 0.1) is 5.92 Å². The maximum Gasteiger partial charge on any atom is 0.323 e. The van der Waals surface area contributed by atoms with Gasteiger partial charge in [-0.1, -0.05) is 37.6 Å². The Morgan fingerprint density at radius 1 is 1.22 bits per heavy atom. The highest BCUT2D eigenvalue weighted by Gasteiger charge is 2.24. The van der Waals surface area contributed by atoms with Crippen molar-refractivity contribution in [3.8, 4) is 0 Å². The van der Waals surface area contributed by atoms with E-state index in [-0.39, 0.29) is 24.0 Å². The van der Waals surface area contributed by atoms with Crippen LogP contribution in [0.3, 0.4) is 0 Å². The van der Waals surface area contributed by atoms with Crippen molar-refractivity contribution in [3.05, 3.63) is 34.9 Å². The SMILES string of the molecule is COC(=O)[C@H](NC(C)c1ccc(Cl)cc1)C(C)C. The number of esters is 1. The molecular weight excluding hydrogens is 250 g/mol. The molecule has 18 heavy (non-hydrogen) atoms. The molecule has 1 aromatic rings. The van der Waals surface area contributed by atoms with Gasteiger partial charge >= 0.3 is 5.97 Å². The average molecular weight is 270 g/mol. The van der Waals surface area contributed by atoms with Gasteiger partial charge in [-0.15, -0.1) is 0 Å². The molecule has 0 amide bonds. The van der Waals surface area contributed by atoms with Crippen molar-refractivity contribution >= 4 is 17.6 Å². The number of hydrogen-bond donors (Lipinski definition) is 1. The van der Waals surface area contributed by atoms with Crippen LogP contribution in [0.2, 0.25) is 5.02 Å². The molecule has 0 saturated carbocycles. The summed E-state index contributed by atoms with van der Waals surface area (Å²) in [6, 6.07) is 7.35. The topological polar surface area (TPSA) is 38.3 Å². The lowest BCUT2D eigenvalue weighted by Gasteiger charge is -2.24. The van der Waals surface area contributed by atoms with Crippen LogP contribution in [-0.2, 0) is 9.53 Å². The molecule has 1 unspecified atom stereocenters. The maximum absolute atomic E-state index is 11.7. The van der Waals surface area contributed by atoms with Gasteiger partial charge in [-0.25, -0.2) is 0 Å². The number of ether oxygens (including phenoxy) is 1. The van der Waals surface area contributed by atoms with Gasteiger partial charge in [-0.3, -0.25) is 10.1 Å². The molecule has 0 saturated heterocycles. The second-order valence-electron chi connectivity index (χ2n) is 4.68. The fourth-order valence-corrected chi connectivity index (χ4v) is 1.90. The number of carbonyl (C=O) groups is 1. The third kappa shape index (κ3) is 4.00. The molecular formula is C14H20ClNO2. The summed E-state index contributed by atoms with van der Waals surface area (Å²) in [5.41, 5.74) is 1.09. The van der Waals surface area contributed by atoms with Crippen LogP contribution in [0.5, 0.6) is 0 Å². The largest absolute Gasteiger partial charge is 0.468 e. The first-order chi connectivity index (χ1) is 8.45. The molecule has 3 nitrogen and oxygen atoms in total. The van der Waals surface area contributed by atoms with Crippen LogP contribution in [0.25, 0.3) is 0 Å². The van der Waals surface area contributed by atoms with Gasteiger partial charge in [0.15, 0.2) is 0 Å². The summed E-state index contributed by atoms with van der Waals surface area (Å²) in [5, 5.41) is 3.99. The summed E-state index contributed by atoms with van der Waals surface area (Å²) in [6.45, 7) is 5.99. The first-order valence-corrected chi connectivity index (χ1v) is 6.42. The molecule has 0 aliphatic rings. The molecule has 1 rings (SSSR count). The molecule has 4 heteroatoms. The van der Waals surface area contributed by atoms with Crippen LogP contribution < -0.4 is 5.32 Å². The zero-order valence-electron chi connectivity index (χ0n) is 11.2. The predicted octanol–water partition coefficient (Wildman–Crippen LogP) is 3.19. The van der Waals surface area contributed by atoms with Crippen molar-refractivity contribution in [3.63, 3.8) is 0 Å². The molecule has 0 heterocycles. The summed E-state index contributed by atoms with van der Waals surface area (Å²) < 4.78 is 4.81. The van der Waals surface area contributed by atoms with Crippen molar-refractivity contribution in [1.29, 1.82) is 0 Å². The molecule has 0 aliphatic heterocycles. The summed E-state index contributed by atoms with van der Waals surface area (Å²) >= 11 is 5.85. The van der Waals surface area contributed by atoms with Gasteiger partial charge in [0.25, 0.3) is 0 Å². The lowest BCUT2D eigenvalue weighted by atomic mass is 10.0. The van der Waals surface area contributed by atoms with E-state index in [4.69, 9.17) is 16.3 Å². The molecule has 1 aromatic carbocycles. The van der Waals surface area contributed by atoms with E-state index in [1.807, 2.05) is 45.0 Å². The van der Waals surface area contributed by atoms with Gasteiger partial charge in [-0.2, -0.15) is 0 Å². The highest BCUT2D eigenvalue weighted by molar-refractivity contribution is 6.30. The Morgan fingerprint density at radius 3 is 2.22 bits per heavy atom. The monoisotopic (exact) mass is 269 g/mol. The third-order valence-electron chi connectivity index (χ3n) is 2.92. The van der Waals surface area contributed by atoms with Gasteiger partial charge in [0, 0.05) is 11.1 Å². The minimum atomic E-state index is -0.305. The molecule has 0 fully saturated rings. The van der Waals surface area contributed by atoms with Crippen molar-refractivity contribution in [2.75, 3.05) is 7.11 Å². The van der Waals surface area contributed by atoms with Crippen LogP contribution in [0.15, 0.2) is 24.3 Å². The van der Waals surface area contributed by atoms with Gasteiger partial charge in [-0.05, 0) is 30.5 Å². The van der Waals surface area contributed by atoms with E-state index in [9.17, 15) is 4.79 Å². The Hall–Kier alpha value is -1.06. The Morgan fingerprint density at radius 2 is 1.78 bits per heavy atom. The number of rotatable bonds is 5. The number of hydrogen-bond acceptors (Lipinski definition) is 3. The summed E-state index contributed by atoms with van der Waals surface area (Å²) in [5.74, 6) is -0.0574. The van der Waals surface area contributed by atoms with E-state index in [1.54, 1.807) is 0 Å². The summed E-state index contributed by atoms with van der Waals surface area (Å²) in [4.78, 5) is 11.7. The number of nitrogens with one attached hydrogen (secondary N) is 1. The van der Waals surface area contributed by atoms with Crippen LogP contribution in [-0.4, -0.2) is 19.1 Å². The predicted molar refractivity (Wildman–Crippen MR) is 73.6 cm³/mol. The zero-order chi connectivity index (χ0) is 13.7. The van der Waals surface area contributed by atoms with E-state index in [1.165, 1.54) is 7.11 Å². The van der Waals surface area contributed by atoms with E-state index >= 15 is 0 Å². The van der Waals surface area contributed by atoms with Gasteiger partial charge in [0.05, 0.1) is 7.11 Å². The first-order valence-electron chi connectivity index (χ1n) is 6.05. The fraction of sp³-hybridized carbons (Fsp3) is 0.500. The second kappa shape index (κ2) is 6.76. The number of methoxy groups -OCH3 is 1. The minimum Gasteiger partial charge on any atom is -0.468 e. The Labute approximate surface area is 113 Å². The van der Waals surface area contributed by atoms with Gasteiger partial charge in [0.2, 0.25) is 0 Å². The Kier molecular flexibility index (Phi) is 5.63. The van der Waals surface area contributed by atoms with Crippen LogP contribution in [0.4, 0.5) is 0 Å². The summed E-state index contributed by atoms with van der Waals surface area (Å²) in [6.07, 6.45) is 0. The first kappa shape index (κ1) is 15.0. The van der Waals surface area contributed by atoms with E-state index in [2.05, 4.69) is 5.32 Å². The Bertz CT molecular complexity index is 389. The number of benzene rings is 1. The Balaban J connectivity index is 2.75. The van der Waals surface area contributed by atoms with Crippen molar-refractivity contribution in [2.24, 2.45) is 5.92 Å². The molecule has 2 atom stereocenters. The molecule has 0 bridgehead atoms. The summed E-state index contributed by atoms with van der Waals surface area (Å²) in [7, 11) is 1.41. The highest BCUT2D eigenvalue weighted by atomic mass is 35.5. The lowest BCUT2D eigenvalue weighted by molar-refractivity contribution is -0.144. The normalized spacial score (nSPS) is 14.3. The lowest BCUT2D eigenvalue weighted by Crippen LogP contribution is -2.42. The second-order valence-corrected chi connectivity index (χ2v) is 5.12. The van der Waals surface area contributed by atoms with E-state index in [0.29, 0.717) is 5.02 Å². The molecule has 0 aliphatic carbocycles. The highest BCUT2D eigenvalue weighted by Crippen LogP contribution is 2.18. The average Bonchev–Trinajstić information content (AvgIpc) is 2.35. The smallest absolute Gasteiger partial charge is 0.323 e. The molecule has 0 aromatic heterocycles. The fourth-order valence-electron chi connectivity index (χ4n) is 1.78. The number of halogens is 1. The standard InChI is InChI=1S/C14H20ClNO2/c1-9(2)13(14(17)18-4)16-10(3)11-5-7-12(15)8-6-11/h5-10,13,16H,1-4H3/t10?,13-/m1/s1. The van der Waals surface area contributed by atoms with Crippen molar-refractivity contribution in [1.82, 2.24) is 5.32 Å². The molecule has 100 valence electrons. The van der Waals surface area contributed by atoms with Crippen molar-refractivity contribution in [2.45, 2.75) is 32.9 Å². The van der Waals surface area contributed by atoms with Gasteiger partial charge in [0.1, 0.15) is 6.04 Å².